The third-order valence-electron chi connectivity index (χ3n) is 3.50. The van der Waals surface area contributed by atoms with Crippen LogP contribution in [0.1, 0.15) is 24.9 Å². The fourth-order valence-electron chi connectivity index (χ4n) is 2.57. The molecular formula is C14H23N3OS. The lowest BCUT2D eigenvalue weighted by molar-refractivity contribution is -0.131. The normalized spacial score (nSPS) is 21.7. The van der Waals surface area contributed by atoms with Crippen molar-refractivity contribution in [2.75, 3.05) is 27.2 Å². The number of hydrogen-bond donors (Lipinski definition) is 1. The lowest BCUT2D eigenvalue weighted by Crippen LogP contribution is -2.47. The van der Waals surface area contributed by atoms with Crippen LogP contribution < -0.4 is 5.32 Å². The number of rotatable bonds is 5. The zero-order valence-corrected chi connectivity index (χ0v) is 12.9. The molecule has 2 rings (SSSR count). The van der Waals surface area contributed by atoms with Gasteiger partial charge in [-0.3, -0.25) is 10.1 Å². The molecule has 2 unspecified atom stereocenters. The number of hydrogen-bond acceptors (Lipinski definition) is 4. The van der Waals surface area contributed by atoms with Crippen LogP contribution in [0.3, 0.4) is 0 Å². The highest BCUT2D eigenvalue weighted by Gasteiger charge is 2.38. The van der Waals surface area contributed by atoms with Gasteiger partial charge in [0.25, 0.3) is 0 Å². The smallest absolute Gasteiger partial charge is 0.238 e. The van der Waals surface area contributed by atoms with Crippen molar-refractivity contribution in [3.8, 4) is 0 Å². The van der Waals surface area contributed by atoms with E-state index in [9.17, 15) is 4.79 Å². The Morgan fingerprint density at radius 2 is 2.26 bits per heavy atom. The van der Waals surface area contributed by atoms with E-state index < -0.39 is 0 Å². The van der Waals surface area contributed by atoms with Crippen molar-refractivity contribution in [1.82, 2.24) is 15.1 Å². The number of nitrogens with one attached hydrogen (secondary N) is 1. The summed E-state index contributed by atoms with van der Waals surface area (Å²) < 4.78 is 0. The van der Waals surface area contributed by atoms with Crippen LogP contribution in [0.25, 0.3) is 0 Å². The predicted molar refractivity (Wildman–Crippen MR) is 79.1 cm³/mol. The summed E-state index contributed by atoms with van der Waals surface area (Å²) in [6, 6.07) is 4.38. The molecule has 0 aliphatic carbocycles. The summed E-state index contributed by atoms with van der Waals surface area (Å²) in [5.74, 6) is 0.646. The van der Waals surface area contributed by atoms with Gasteiger partial charge in [-0.05, 0) is 31.5 Å². The van der Waals surface area contributed by atoms with E-state index >= 15 is 0 Å². The molecular weight excluding hydrogens is 258 g/mol. The van der Waals surface area contributed by atoms with Crippen molar-refractivity contribution in [2.24, 2.45) is 5.92 Å². The zero-order chi connectivity index (χ0) is 14.0. The Morgan fingerprint density at radius 1 is 1.53 bits per heavy atom. The average Bonchev–Trinajstić information content (AvgIpc) is 2.94. The fourth-order valence-corrected chi connectivity index (χ4v) is 3.37. The standard InChI is InChI=1S/C14H23N3OS/c1-10(2)11(9-16(3)4)17-13(18)8-15-14(17)12-6-5-7-19-12/h5-7,10-11,14-15H,8-9H2,1-4H3. The highest BCUT2D eigenvalue weighted by molar-refractivity contribution is 7.10. The summed E-state index contributed by atoms with van der Waals surface area (Å²) in [4.78, 5) is 17.7. The molecule has 1 N–H and O–H groups in total. The first-order chi connectivity index (χ1) is 9.00. The molecule has 0 bridgehead atoms. The van der Waals surface area contributed by atoms with Crippen LogP contribution in [0.4, 0.5) is 0 Å². The predicted octanol–water partition coefficient (Wildman–Crippen LogP) is 1.76. The van der Waals surface area contributed by atoms with E-state index in [0.717, 1.165) is 6.54 Å². The van der Waals surface area contributed by atoms with Crippen LogP contribution in [0.15, 0.2) is 17.5 Å². The SMILES string of the molecule is CC(C)C(CN(C)C)N1C(=O)CNC1c1cccs1. The molecule has 1 aromatic heterocycles. The molecule has 2 atom stereocenters. The Balaban J connectivity index is 2.24. The van der Waals surface area contributed by atoms with E-state index in [-0.39, 0.29) is 18.1 Å². The van der Waals surface area contributed by atoms with Crippen molar-refractivity contribution < 1.29 is 4.79 Å². The molecule has 0 aromatic carbocycles. The van der Waals surface area contributed by atoms with Gasteiger partial charge in [0, 0.05) is 17.5 Å². The lowest BCUT2D eigenvalue weighted by Gasteiger charge is -2.36. The second-order valence-electron chi connectivity index (χ2n) is 5.67. The molecule has 4 nitrogen and oxygen atoms in total. The van der Waals surface area contributed by atoms with Crippen molar-refractivity contribution in [3.05, 3.63) is 22.4 Å². The summed E-state index contributed by atoms with van der Waals surface area (Å²) in [6.07, 6.45) is 0.0415. The minimum Gasteiger partial charge on any atom is -0.316 e. The second-order valence-corrected chi connectivity index (χ2v) is 6.65. The molecule has 1 aliphatic rings. The Morgan fingerprint density at radius 3 is 2.79 bits per heavy atom. The molecule has 1 amide bonds. The molecule has 106 valence electrons. The maximum atomic E-state index is 12.3. The third-order valence-corrected chi connectivity index (χ3v) is 4.43. The summed E-state index contributed by atoms with van der Waals surface area (Å²) >= 11 is 1.70. The van der Waals surface area contributed by atoms with Gasteiger partial charge < -0.3 is 9.80 Å². The summed E-state index contributed by atoms with van der Waals surface area (Å²) in [7, 11) is 4.12. The molecule has 2 heterocycles. The Hall–Kier alpha value is -0.910. The number of carbonyl (C=O) groups is 1. The zero-order valence-electron chi connectivity index (χ0n) is 12.1. The number of nitrogens with zero attached hydrogens (tertiary/aromatic N) is 2. The molecule has 1 saturated heterocycles. The van der Waals surface area contributed by atoms with Crippen LogP contribution >= 0.6 is 11.3 Å². The Kier molecular flexibility index (Phi) is 4.60. The first kappa shape index (κ1) is 14.5. The van der Waals surface area contributed by atoms with E-state index in [1.165, 1.54) is 4.88 Å². The molecule has 0 spiro atoms. The topological polar surface area (TPSA) is 35.6 Å². The Labute approximate surface area is 119 Å². The van der Waals surface area contributed by atoms with Crippen molar-refractivity contribution in [3.63, 3.8) is 0 Å². The Bertz CT molecular complexity index is 416. The minimum absolute atomic E-state index is 0.0415. The fraction of sp³-hybridized carbons (Fsp3) is 0.643. The first-order valence-corrected chi connectivity index (χ1v) is 7.61. The largest absolute Gasteiger partial charge is 0.316 e. The van der Waals surface area contributed by atoms with Crippen LogP contribution in [0.5, 0.6) is 0 Å². The van der Waals surface area contributed by atoms with E-state index in [1.54, 1.807) is 11.3 Å². The van der Waals surface area contributed by atoms with Crippen molar-refractivity contribution >= 4 is 17.2 Å². The molecule has 1 aromatic rings. The van der Waals surface area contributed by atoms with Crippen LogP contribution in [0, 0.1) is 5.92 Å². The molecule has 1 fully saturated rings. The molecule has 0 radical (unpaired) electrons. The first-order valence-electron chi connectivity index (χ1n) is 6.73. The summed E-state index contributed by atoms with van der Waals surface area (Å²) in [6.45, 7) is 5.71. The van der Waals surface area contributed by atoms with Gasteiger partial charge in [-0.15, -0.1) is 11.3 Å². The van der Waals surface area contributed by atoms with Crippen molar-refractivity contribution in [2.45, 2.75) is 26.1 Å². The van der Waals surface area contributed by atoms with Gasteiger partial charge in [0.05, 0.1) is 6.54 Å². The van der Waals surface area contributed by atoms with Crippen LogP contribution in [0.2, 0.25) is 0 Å². The van der Waals surface area contributed by atoms with Gasteiger partial charge >= 0.3 is 0 Å². The van der Waals surface area contributed by atoms with Crippen LogP contribution in [-0.4, -0.2) is 48.9 Å². The van der Waals surface area contributed by atoms with E-state index in [0.29, 0.717) is 12.5 Å². The maximum absolute atomic E-state index is 12.3. The van der Waals surface area contributed by atoms with Crippen molar-refractivity contribution in [1.29, 1.82) is 0 Å². The third kappa shape index (κ3) is 3.16. The van der Waals surface area contributed by atoms with E-state index in [2.05, 4.69) is 49.6 Å². The average molecular weight is 281 g/mol. The van der Waals surface area contributed by atoms with Crippen LogP contribution in [-0.2, 0) is 4.79 Å². The van der Waals surface area contributed by atoms with E-state index in [4.69, 9.17) is 0 Å². The van der Waals surface area contributed by atoms with E-state index in [1.807, 2.05) is 11.0 Å². The monoisotopic (exact) mass is 281 g/mol. The van der Waals surface area contributed by atoms with Gasteiger partial charge in [0.2, 0.25) is 5.91 Å². The molecule has 1 aliphatic heterocycles. The number of carbonyl (C=O) groups excluding carboxylic acids is 1. The highest BCUT2D eigenvalue weighted by Crippen LogP contribution is 2.30. The number of likely N-dealkylation sites (N-methyl/N-ethyl adjacent to an activating group) is 1. The molecule has 0 saturated carbocycles. The van der Waals surface area contributed by atoms with Gasteiger partial charge in [0.1, 0.15) is 6.17 Å². The van der Waals surface area contributed by atoms with Gasteiger partial charge in [-0.1, -0.05) is 19.9 Å². The van der Waals surface area contributed by atoms with Gasteiger partial charge in [-0.25, -0.2) is 0 Å². The van der Waals surface area contributed by atoms with Gasteiger partial charge in [-0.2, -0.15) is 0 Å². The highest BCUT2D eigenvalue weighted by atomic mass is 32.1. The maximum Gasteiger partial charge on any atom is 0.238 e. The minimum atomic E-state index is 0.0415. The number of amides is 1. The summed E-state index contributed by atoms with van der Waals surface area (Å²) in [5, 5.41) is 5.40. The molecule has 19 heavy (non-hydrogen) atoms. The van der Waals surface area contributed by atoms with Gasteiger partial charge in [0.15, 0.2) is 0 Å². The molecule has 5 heteroatoms. The number of thiophene rings is 1. The lowest BCUT2D eigenvalue weighted by atomic mass is 10.0. The summed E-state index contributed by atoms with van der Waals surface area (Å²) in [5.41, 5.74) is 0. The quantitative estimate of drug-likeness (QED) is 0.893. The second kappa shape index (κ2) is 6.03.